The van der Waals surface area contributed by atoms with Crippen molar-refractivity contribution in [2.24, 2.45) is 0 Å². The maximum atomic E-state index is 12.3. The van der Waals surface area contributed by atoms with Crippen LogP contribution in [0.2, 0.25) is 0 Å². The van der Waals surface area contributed by atoms with Crippen LogP contribution in [0.25, 0.3) is 10.8 Å². The zero-order valence-electron chi connectivity index (χ0n) is 13.5. The first-order chi connectivity index (χ1) is 11.6. The van der Waals surface area contributed by atoms with E-state index in [1.165, 1.54) is 0 Å². The zero-order chi connectivity index (χ0) is 17.1. The predicted octanol–water partition coefficient (Wildman–Crippen LogP) is 3.74. The summed E-state index contributed by atoms with van der Waals surface area (Å²) in [6, 6.07) is 13.2. The molecule has 1 heterocycles. The van der Waals surface area contributed by atoms with E-state index < -0.39 is 5.97 Å². The molecule has 0 N–H and O–H groups in total. The van der Waals surface area contributed by atoms with E-state index in [2.05, 4.69) is 5.16 Å². The Morgan fingerprint density at radius 2 is 1.88 bits per heavy atom. The summed E-state index contributed by atoms with van der Waals surface area (Å²) in [4.78, 5) is 24.5. The number of carbonyl (C=O) groups is 2. The van der Waals surface area contributed by atoms with Gasteiger partial charge in [-0.05, 0) is 30.2 Å². The van der Waals surface area contributed by atoms with E-state index in [9.17, 15) is 9.59 Å². The van der Waals surface area contributed by atoms with Gasteiger partial charge in [0.15, 0.2) is 12.4 Å². The van der Waals surface area contributed by atoms with Gasteiger partial charge >= 0.3 is 5.97 Å². The van der Waals surface area contributed by atoms with Crippen LogP contribution in [0.1, 0.15) is 39.1 Å². The van der Waals surface area contributed by atoms with E-state index in [4.69, 9.17) is 9.26 Å². The minimum absolute atomic E-state index is 0.249. The average Bonchev–Trinajstić information content (AvgIpc) is 2.99. The highest BCUT2D eigenvalue weighted by Gasteiger charge is 2.21. The smallest absolute Gasteiger partial charge is 0.344 e. The second-order valence-electron chi connectivity index (χ2n) is 5.48. The zero-order valence-corrected chi connectivity index (χ0v) is 13.5. The fourth-order valence-electron chi connectivity index (χ4n) is 2.57. The number of ketones is 1. The van der Waals surface area contributed by atoms with Crippen molar-refractivity contribution in [2.45, 2.75) is 20.3 Å². The van der Waals surface area contributed by atoms with Gasteiger partial charge in [0, 0.05) is 5.56 Å². The van der Waals surface area contributed by atoms with Crippen molar-refractivity contribution in [1.82, 2.24) is 5.16 Å². The molecule has 5 heteroatoms. The van der Waals surface area contributed by atoms with Crippen LogP contribution in [0, 0.1) is 6.92 Å². The lowest BCUT2D eigenvalue weighted by Gasteiger charge is -2.05. The van der Waals surface area contributed by atoms with Gasteiger partial charge in [0.05, 0.1) is 5.69 Å². The van der Waals surface area contributed by atoms with Crippen LogP contribution >= 0.6 is 0 Å². The molecule has 0 spiro atoms. The lowest BCUT2D eigenvalue weighted by molar-refractivity contribution is 0.0472. The number of ether oxygens (including phenoxy) is 1. The summed E-state index contributed by atoms with van der Waals surface area (Å²) in [5.74, 6) is -0.434. The summed E-state index contributed by atoms with van der Waals surface area (Å²) in [7, 11) is 0. The summed E-state index contributed by atoms with van der Waals surface area (Å²) in [5, 5.41) is 5.84. The number of benzene rings is 2. The third-order valence-electron chi connectivity index (χ3n) is 3.88. The molecule has 3 rings (SSSR count). The molecule has 0 atom stereocenters. The number of rotatable bonds is 5. The van der Waals surface area contributed by atoms with Gasteiger partial charge in [-0.15, -0.1) is 0 Å². The van der Waals surface area contributed by atoms with E-state index in [-0.39, 0.29) is 12.4 Å². The van der Waals surface area contributed by atoms with Crippen molar-refractivity contribution in [3.05, 3.63) is 65.0 Å². The summed E-state index contributed by atoms with van der Waals surface area (Å²) in [6.45, 7) is 3.20. The van der Waals surface area contributed by atoms with E-state index >= 15 is 0 Å². The van der Waals surface area contributed by atoms with Crippen LogP contribution in [-0.4, -0.2) is 23.5 Å². The Balaban J connectivity index is 1.72. The summed E-state index contributed by atoms with van der Waals surface area (Å²) in [5.41, 5.74) is 1.36. The molecule has 3 aromatic rings. The summed E-state index contributed by atoms with van der Waals surface area (Å²) < 4.78 is 10.2. The Hall–Kier alpha value is -2.95. The van der Waals surface area contributed by atoms with Crippen molar-refractivity contribution in [3.8, 4) is 0 Å². The van der Waals surface area contributed by atoms with Gasteiger partial charge in [0.1, 0.15) is 11.3 Å². The van der Waals surface area contributed by atoms with Gasteiger partial charge in [0.25, 0.3) is 0 Å². The first kappa shape index (κ1) is 15.9. The largest absolute Gasteiger partial charge is 0.454 e. The highest BCUT2D eigenvalue weighted by atomic mass is 16.5. The van der Waals surface area contributed by atoms with Crippen LogP contribution in [0.15, 0.2) is 47.0 Å². The van der Waals surface area contributed by atoms with Crippen LogP contribution in [-0.2, 0) is 11.2 Å². The minimum Gasteiger partial charge on any atom is -0.454 e. The SMILES string of the molecule is CCc1noc(C)c1C(=O)OCC(=O)c1ccc2ccccc2c1. The molecule has 0 bridgehead atoms. The lowest BCUT2D eigenvalue weighted by Crippen LogP contribution is -2.15. The molecule has 24 heavy (non-hydrogen) atoms. The monoisotopic (exact) mass is 323 g/mol. The first-order valence-corrected chi connectivity index (χ1v) is 7.74. The third-order valence-corrected chi connectivity index (χ3v) is 3.88. The number of hydrogen-bond donors (Lipinski definition) is 0. The predicted molar refractivity (Wildman–Crippen MR) is 89.2 cm³/mol. The van der Waals surface area contributed by atoms with E-state index in [0.717, 1.165) is 10.8 Å². The molecule has 0 aliphatic heterocycles. The Morgan fingerprint density at radius 3 is 2.62 bits per heavy atom. The number of hydrogen-bond acceptors (Lipinski definition) is 5. The first-order valence-electron chi connectivity index (χ1n) is 7.74. The van der Waals surface area contributed by atoms with Crippen LogP contribution in [0.3, 0.4) is 0 Å². The molecule has 0 radical (unpaired) electrons. The van der Waals surface area contributed by atoms with Gasteiger partial charge < -0.3 is 9.26 Å². The third kappa shape index (κ3) is 3.06. The van der Waals surface area contributed by atoms with E-state index in [0.29, 0.717) is 29.0 Å². The summed E-state index contributed by atoms with van der Waals surface area (Å²) in [6.07, 6.45) is 0.556. The fourth-order valence-corrected chi connectivity index (χ4v) is 2.57. The van der Waals surface area contributed by atoms with Gasteiger partial charge in [-0.25, -0.2) is 4.79 Å². The van der Waals surface area contributed by atoms with E-state index in [1.807, 2.05) is 37.3 Å². The van der Waals surface area contributed by atoms with Crippen LogP contribution in [0.5, 0.6) is 0 Å². The summed E-state index contributed by atoms with van der Waals surface area (Å²) >= 11 is 0. The van der Waals surface area contributed by atoms with Crippen LogP contribution in [0.4, 0.5) is 0 Å². The molecule has 0 saturated heterocycles. The Morgan fingerprint density at radius 1 is 1.12 bits per heavy atom. The average molecular weight is 323 g/mol. The number of carbonyl (C=O) groups excluding carboxylic acids is 2. The van der Waals surface area contributed by atoms with Crippen molar-refractivity contribution < 1.29 is 18.8 Å². The van der Waals surface area contributed by atoms with Crippen molar-refractivity contribution >= 4 is 22.5 Å². The Bertz CT molecular complexity index is 911. The molecular weight excluding hydrogens is 306 g/mol. The number of aryl methyl sites for hydroxylation is 2. The Kier molecular flexibility index (Phi) is 4.42. The molecule has 0 fully saturated rings. The molecule has 0 aliphatic rings. The highest BCUT2D eigenvalue weighted by Crippen LogP contribution is 2.17. The molecule has 122 valence electrons. The normalized spacial score (nSPS) is 10.8. The number of aromatic nitrogens is 1. The standard InChI is InChI=1S/C19H17NO4/c1-3-16-18(12(2)24-20-16)19(22)23-11-17(21)15-9-8-13-6-4-5-7-14(13)10-15/h4-10H,3,11H2,1-2H3. The van der Waals surface area contributed by atoms with Gasteiger partial charge in [-0.2, -0.15) is 0 Å². The number of fused-ring (bicyclic) bond motifs is 1. The maximum Gasteiger partial charge on any atom is 0.344 e. The molecular formula is C19H17NO4. The molecule has 0 unspecified atom stereocenters. The van der Waals surface area contributed by atoms with Crippen LogP contribution < -0.4 is 0 Å². The molecule has 0 saturated carbocycles. The van der Waals surface area contributed by atoms with Gasteiger partial charge in [-0.3, -0.25) is 4.79 Å². The molecule has 5 nitrogen and oxygen atoms in total. The number of esters is 1. The highest BCUT2D eigenvalue weighted by molar-refractivity contribution is 6.02. The minimum atomic E-state index is -0.584. The Labute approximate surface area is 139 Å². The molecule has 1 aromatic heterocycles. The second kappa shape index (κ2) is 6.66. The quantitative estimate of drug-likeness (QED) is 0.528. The topological polar surface area (TPSA) is 69.4 Å². The van der Waals surface area contributed by atoms with Crippen molar-refractivity contribution in [2.75, 3.05) is 6.61 Å². The molecule has 0 amide bonds. The van der Waals surface area contributed by atoms with Crippen molar-refractivity contribution in [1.29, 1.82) is 0 Å². The number of Topliss-reactive ketones (excluding diaryl/α,β-unsaturated/α-hetero) is 1. The molecule has 2 aromatic carbocycles. The van der Waals surface area contributed by atoms with E-state index in [1.54, 1.807) is 19.1 Å². The number of nitrogens with zero attached hydrogens (tertiary/aromatic N) is 1. The maximum absolute atomic E-state index is 12.3. The molecule has 0 aliphatic carbocycles. The van der Waals surface area contributed by atoms with Gasteiger partial charge in [-0.1, -0.05) is 48.5 Å². The fraction of sp³-hybridized carbons (Fsp3) is 0.211. The van der Waals surface area contributed by atoms with Gasteiger partial charge in [0.2, 0.25) is 0 Å². The van der Waals surface area contributed by atoms with Crippen molar-refractivity contribution in [3.63, 3.8) is 0 Å². The second-order valence-corrected chi connectivity index (χ2v) is 5.48. The lowest BCUT2D eigenvalue weighted by atomic mass is 10.0.